The summed E-state index contributed by atoms with van der Waals surface area (Å²) in [5.41, 5.74) is 13.2. The third-order valence-electron chi connectivity index (χ3n) is 5.78. The Bertz CT molecular complexity index is 1310. The Kier molecular flexibility index (Phi) is 7.29. The van der Waals surface area contributed by atoms with E-state index < -0.39 is 24.2 Å². The number of carboxylic acids is 1. The molecule has 12 heteroatoms. The molecular formula is C23H23Cl2N5O5. The molecule has 7 N–H and O–H groups in total. The van der Waals surface area contributed by atoms with Crippen LogP contribution in [0.2, 0.25) is 10.0 Å². The summed E-state index contributed by atoms with van der Waals surface area (Å²) in [4.78, 5) is 39.1. The molecule has 2 heterocycles. The van der Waals surface area contributed by atoms with Crippen molar-refractivity contribution >= 4 is 52.0 Å². The second-order valence-electron chi connectivity index (χ2n) is 8.13. The number of hydrogen-bond donors (Lipinski definition) is 5. The van der Waals surface area contributed by atoms with E-state index in [1.807, 2.05) is 12.1 Å². The predicted octanol–water partition coefficient (Wildman–Crippen LogP) is 1.91. The highest BCUT2D eigenvalue weighted by Gasteiger charge is 2.29. The van der Waals surface area contributed by atoms with Gasteiger partial charge in [0.25, 0.3) is 11.8 Å². The molecule has 1 aliphatic heterocycles. The van der Waals surface area contributed by atoms with Gasteiger partial charge in [0.1, 0.15) is 17.9 Å². The quantitative estimate of drug-likeness (QED) is 0.295. The SMILES string of the molecule is NC(N)NC[C@H](NC(=O)c1c(Cl)cc2c(c1Cl)CCN(C(=O)c1ccc3ccoc3c1)C2)C(=O)O. The molecule has 3 aromatic rings. The van der Waals surface area contributed by atoms with E-state index in [0.717, 1.165) is 5.39 Å². The van der Waals surface area contributed by atoms with E-state index in [0.29, 0.717) is 35.2 Å². The highest BCUT2D eigenvalue weighted by Crippen LogP contribution is 2.35. The van der Waals surface area contributed by atoms with Gasteiger partial charge >= 0.3 is 5.97 Å². The summed E-state index contributed by atoms with van der Waals surface area (Å²) in [6.07, 6.45) is 1.01. The van der Waals surface area contributed by atoms with E-state index in [1.165, 1.54) is 0 Å². The van der Waals surface area contributed by atoms with Gasteiger partial charge in [-0.3, -0.25) is 14.9 Å². The van der Waals surface area contributed by atoms with Crippen LogP contribution in [0.3, 0.4) is 0 Å². The van der Waals surface area contributed by atoms with Crippen LogP contribution in [0.25, 0.3) is 11.0 Å². The van der Waals surface area contributed by atoms with Crippen LogP contribution in [0.4, 0.5) is 0 Å². The summed E-state index contributed by atoms with van der Waals surface area (Å²) in [6.45, 7) is 0.433. The van der Waals surface area contributed by atoms with Crippen molar-refractivity contribution in [3.63, 3.8) is 0 Å². The number of fused-ring (bicyclic) bond motifs is 2. The first kappa shape index (κ1) is 25.0. The van der Waals surface area contributed by atoms with E-state index >= 15 is 0 Å². The number of nitrogens with one attached hydrogen (secondary N) is 2. The number of rotatable bonds is 7. The number of furan rings is 1. The average molecular weight is 520 g/mol. The number of benzene rings is 2. The zero-order valence-electron chi connectivity index (χ0n) is 18.4. The zero-order chi connectivity index (χ0) is 25.3. The Morgan fingerprint density at radius 3 is 2.66 bits per heavy atom. The summed E-state index contributed by atoms with van der Waals surface area (Å²) in [5.74, 6) is -2.19. The number of nitrogens with zero attached hydrogens (tertiary/aromatic N) is 1. The normalized spacial score (nSPS) is 14.1. The van der Waals surface area contributed by atoms with Gasteiger partial charge in [-0.05, 0) is 41.8 Å². The Hall–Kier alpha value is -3.15. The van der Waals surface area contributed by atoms with E-state index in [1.54, 1.807) is 29.4 Å². The van der Waals surface area contributed by atoms with E-state index in [4.69, 9.17) is 39.1 Å². The zero-order valence-corrected chi connectivity index (χ0v) is 19.9. The monoisotopic (exact) mass is 519 g/mol. The van der Waals surface area contributed by atoms with Crippen LogP contribution in [0.15, 0.2) is 41.0 Å². The summed E-state index contributed by atoms with van der Waals surface area (Å²) in [6, 6.07) is 7.36. The standard InChI is InChI=1S/C23H23Cl2N5O5/c24-15-7-13-10-30(21(32)12-2-1-11-4-6-35-17(11)8-12)5-3-14(13)19(25)18(15)20(31)29-16(22(33)34)9-28-23(26)27/h1-2,4,6-8,16,23,28H,3,5,9-10,26-27H2,(H,29,31)(H,33,34)/t16-/m0/s1. The molecular weight excluding hydrogens is 497 g/mol. The van der Waals surface area contributed by atoms with Gasteiger partial charge in [0.05, 0.1) is 21.9 Å². The second-order valence-corrected chi connectivity index (χ2v) is 8.92. The molecule has 10 nitrogen and oxygen atoms in total. The molecule has 0 unspecified atom stereocenters. The molecule has 1 aromatic heterocycles. The lowest BCUT2D eigenvalue weighted by Crippen LogP contribution is -2.54. The van der Waals surface area contributed by atoms with Crippen LogP contribution < -0.4 is 22.1 Å². The van der Waals surface area contributed by atoms with Crippen LogP contribution in [-0.2, 0) is 17.8 Å². The molecule has 184 valence electrons. The Balaban J connectivity index is 1.54. The van der Waals surface area contributed by atoms with Crippen molar-refractivity contribution in [3.8, 4) is 0 Å². The number of aliphatic carboxylic acids is 1. The summed E-state index contributed by atoms with van der Waals surface area (Å²) < 4.78 is 5.39. The molecule has 1 atom stereocenters. The van der Waals surface area contributed by atoms with Crippen LogP contribution >= 0.6 is 23.2 Å². The molecule has 0 aliphatic carbocycles. The minimum Gasteiger partial charge on any atom is -0.480 e. The van der Waals surface area contributed by atoms with Crippen molar-refractivity contribution < 1.29 is 23.9 Å². The highest BCUT2D eigenvalue weighted by atomic mass is 35.5. The van der Waals surface area contributed by atoms with Gasteiger partial charge in [-0.25, -0.2) is 4.79 Å². The van der Waals surface area contributed by atoms with Crippen LogP contribution in [0.1, 0.15) is 31.8 Å². The van der Waals surface area contributed by atoms with Gasteiger partial charge in [-0.1, -0.05) is 29.3 Å². The van der Waals surface area contributed by atoms with Gasteiger partial charge in [0.15, 0.2) is 0 Å². The van der Waals surface area contributed by atoms with Crippen molar-refractivity contribution in [2.45, 2.75) is 25.3 Å². The molecule has 2 amide bonds. The van der Waals surface area contributed by atoms with Crippen LogP contribution in [0, 0.1) is 0 Å². The lowest BCUT2D eigenvalue weighted by atomic mass is 9.96. The summed E-state index contributed by atoms with van der Waals surface area (Å²) in [5, 5.41) is 15.4. The van der Waals surface area contributed by atoms with Gasteiger partial charge < -0.3 is 31.2 Å². The summed E-state index contributed by atoms with van der Waals surface area (Å²) >= 11 is 12.9. The maximum Gasteiger partial charge on any atom is 0.327 e. The van der Waals surface area contributed by atoms with Crippen LogP contribution in [-0.4, -0.2) is 53.2 Å². The largest absolute Gasteiger partial charge is 0.480 e. The molecule has 1 aliphatic rings. The Morgan fingerprint density at radius 1 is 1.17 bits per heavy atom. The minimum atomic E-state index is -1.31. The third-order valence-corrected chi connectivity index (χ3v) is 6.50. The number of halogens is 2. The Labute approximate surface area is 210 Å². The van der Waals surface area contributed by atoms with Crippen molar-refractivity contribution in [1.29, 1.82) is 0 Å². The first-order valence-corrected chi connectivity index (χ1v) is 11.5. The number of amides is 2. The number of carbonyl (C=O) groups is 3. The average Bonchev–Trinajstić information content (AvgIpc) is 3.28. The first-order chi connectivity index (χ1) is 16.7. The molecule has 0 saturated heterocycles. The highest BCUT2D eigenvalue weighted by molar-refractivity contribution is 6.40. The Morgan fingerprint density at radius 2 is 1.94 bits per heavy atom. The van der Waals surface area contributed by atoms with Gasteiger partial charge in [-0.2, -0.15) is 0 Å². The fourth-order valence-corrected chi connectivity index (χ4v) is 4.75. The number of hydrogen-bond acceptors (Lipinski definition) is 7. The maximum atomic E-state index is 13.1. The van der Waals surface area contributed by atoms with E-state index in [9.17, 15) is 19.5 Å². The molecule has 0 radical (unpaired) electrons. The molecule has 0 bridgehead atoms. The second kappa shape index (κ2) is 10.2. The molecule has 0 spiro atoms. The fraction of sp³-hybridized carbons (Fsp3) is 0.261. The fourth-order valence-electron chi connectivity index (χ4n) is 3.99. The number of nitrogens with two attached hydrogens (primary N) is 2. The molecule has 4 rings (SSSR count). The van der Waals surface area contributed by atoms with Gasteiger partial charge in [0.2, 0.25) is 0 Å². The van der Waals surface area contributed by atoms with Gasteiger partial charge in [0, 0.05) is 30.6 Å². The molecule has 0 saturated carbocycles. The van der Waals surface area contributed by atoms with Crippen molar-refractivity contribution in [1.82, 2.24) is 15.5 Å². The van der Waals surface area contributed by atoms with Crippen LogP contribution in [0.5, 0.6) is 0 Å². The topological polar surface area (TPSA) is 164 Å². The van der Waals surface area contributed by atoms with Gasteiger partial charge in [-0.15, -0.1) is 0 Å². The van der Waals surface area contributed by atoms with Crippen molar-refractivity contribution in [2.75, 3.05) is 13.1 Å². The molecule has 0 fully saturated rings. The van der Waals surface area contributed by atoms with Crippen molar-refractivity contribution in [2.24, 2.45) is 11.5 Å². The lowest BCUT2D eigenvalue weighted by Gasteiger charge is -2.30. The predicted molar refractivity (Wildman–Crippen MR) is 130 cm³/mol. The molecule has 2 aromatic carbocycles. The number of carboxylic acid groups (broad SMARTS) is 1. The lowest BCUT2D eigenvalue weighted by molar-refractivity contribution is -0.139. The maximum absolute atomic E-state index is 13.1. The summed E-state index contributed by atoms with van der Waals surface area (Å²) in [7, 11) is 0. The van der Waals surface area contributed by atoms with Crippen molar-refractivity contribution in [3.05, 3.63) is 68.9 Å². The first-order valence-electron chi connectivity index (χ1n) is 10.7. The molecule has 35 heavy (non-hydrogen) atoms. The van der Waals surface area contributed by atoms with E-state index in [-0.39, 0.29) is 34.6 Å². The third kappa shape index (κ3) is 5.26. The minimum absolute atomic E-state index is 0.0292. The van der Waals surface area contributed by atoms with E-state index in [2.05, 4.69) is 10.6 Å². The smallest absolute Gasteiger partial charge is 0.327 e. The number of carbonyl (C=O) groups excluding carboxylic acids is 2.